The molecule has 210 valence electrons. The fraction of sp³-hybridized carbons (Fsp3) is 0.571. The Balaban J connectivity index is 1.40. The summed E-state index contributed by atoms with van der Waals surface area (Å²) < 4.78 is 13.2. The SMILES string of the molecule is CC1(Nc2ncc3nc(Nc4cccc(Cl)c4)n(C4CCC(NC(=O)OC(C)(C)C)CC4)c3n2)CCOCC1. The zero-order valence-electron chi connectivity index (χ0n) is 23.1. The summed E-state index contributed by atoms with van der Waals surface area (Å²) in [6.45, 7) is 9.24. The normalized spacial score (nSPS) is 21.4. The number of aromatic nitrogens is 4. The molecular weight excluding hydrogens is 518 g/mol. The average molecular weight is 556 g/mol. The van der Waals surface area contributed by atoms with E-state index >= 15 is 0 Å². The summed E-state index contributed by atoms with van der Waals surface area (Å²) in [5.41, 5.74) is 1.70. The van der Waals surface area contributed by atoms with E-state index in [1.165, 1.54) is 0 Å². The van der Waals surface area contributed by atoms with Gasteiger partial charge in [-0.15, -0.1) is 0 Å². The third kappa shape index (κ3) is 6.91. The summed E-state index contributed by atoms with van der Waals surface area (Å²) in [6.07, 6.45) is 6.57. The van der Waals surface area contributed by atoms with Crippen molar-refractivity contribution in [3.05, 3.63) is 35.5 Å². The summed E-state index contributed by atoms with van der Waals surface area (Å²) in [6, 6.07) is 7.79. The molecule has 39 heavy (non-hydrogen) atoms. The zero-order chi connectivity index (χ0) is 27.6. The monoisotopic (exact) mass is 555 g/mol. The summed E-state index contributed by atoms with van der Waals surface area (Å²) in [7, 11) is 0. The smallest absolute Gasteiger partial charge is 0.407 e. The first-order valence-corrected chi connectivity index (χ1v) is 14.1. The standard InChI is InChI=1S/C28H38ClN7O3/c1-27(2,3)39-26(37)32-19-8-10-21(11-9-19)36-23-22(33-25(36)31-20-7-5-6-18(29)16-20)17-30-24(34-23)35-28(4)12-14-38-15-13-28/h5-7,16-17,19,21H,8-15H2,1-4H3,(H,31,33)(H,32,37)(H,30,34,35). The Hall–Kier alpha value is -3.11. The van der Waals surface area contributed by atoms with Crippen LogP contribution in [-0.4, -0.2) is 56.0 Å². The van der Waals surface area contributed by atoms with Gasteiger partial charge in [-0.25, -0.2) is 14.8 Å². The molecule has 0 bridgehead atoms. The van der Waals surface area contributed by atoms with Crippen molar-refractivity contribution in [3.63, 3.8) is 0 Å². The highest BCUT2D eigenvalue weighted by molar-refractivity contribution is 6.30. The first-order chi connectivity index (χ1) is 18.6. The minimum Gasteiger partial charge on any atom is -0.444 e. The van der Waals surface area contributed by atoms with Gasteiger partial charge in [0.2, 0.25) is 11.9 Å². The number of anilines is 3. The number of hydrogen-bond acceptors (Lipinski definition) is 8. The highest BCUT2D eigenvalue weighted by atomic mass is 35.5. The molecule has 2 aliphatic rings. The summed E-state index contributed by atoms with van der Waals surface area (Å²) in [4.78, 5) is 26.7. The van der Waals surface area contributed by atoms with Gasteiger partial charge in [0, 0.05) is 41.5 Å². The molecule has 0 unspecified atom stereocenters. The van der Waals surface area contributed by atoms with E-state index in [9.17, 15) is 4.79 Å². The number of imidazole rings is 1. The maximum Gasteiger partial charge on any atom is 0.407 e. The van der Waals surface area contributed by atoms with Crippen LogP contribution in [0.25, 0.3) is 11.2 Å². The quantitative estimate of drug-likeness (QED) is 0.328. The number of nitrogens with zero attached hydrogens (tertiary/aromatic N) is 4. The summed E-state index contributed by atoms with van der Waals surface area (Å²) in [5.74, 6) is 1.28. The second kappa shape index (κ2) is 11.2. The number of nitrogens with one attached hydrogen (secondary N) is 3. The van der Waals surface area contributed by atoms with Crippen molar-refractivity contribution in [2.75, 3.05) is 23.8 Å². The van der Waals surface area contributed by atoms with Gasteiger partial charge in [0.05, 0.1) is 6.20 Å². The van der Waals surface area contributed by atoms with Gasteiger partial charge >= 0.3 is 6.09 Å². The maximum atomic E-state index is 12.3. The van der Waals surface area contributed by atoms with Gasteiger partial charge < -0.3 is 25.4 Å². The van der Waals surface area contributed by atoms with Gasteiger partial charge in [0.1, 0.15) is 11.1 Å². The second-order valence-electron chi connectivity index (χ2n) is 11.8. The molecule has 0 radical (unpaired) electrons. The Bertz CT molecular complexity index is 1310. The molecule has 2 aromatic heterocycles. The van der Waals surface area contributed by atoms with Crippen molar-refractivity contribution in [1.29, 1.82) is 0 Å². The third-order valence-corrected chi connectivity index (χ3v) is 7.54. The van der Waals surface area contributed by atoms with Crippen LogP contribution in [0.1, 0.15) is 72.3 Å². The number of carbonyl (C=O) groups is 1. The van der Waals surface area contributed by atoms with E-state index < -0.39 is 5.60 Å². The largest absolute Gasteiger partial charge is 0.444 e. The Morgan fingerprint density at radius 3 is 2.59 bits per heavy atom. The third-order valence-electron chi connectivity index (χ3n) is 7.31. The average Bonchev–Trinajstić information content (AvgIpc) is 3.20. The van der Waals surface area contributed by atoms with Crippen molar-refractivity contribution in [3.8, 4) is 0 Å². The lowest BCUT2D eigenvalue weighted by atomic mass is 9.91. The summed E-state index contributed by atoms with van der Waals surface area (Å²) in [5, 5.41) is 10.7. The number of rotatable bonds is 6. The predicted octanol–water partition coefficient (Wildman–Crippen LogP) is 6.21. The van der Waals surface area contributed by atoms with Crippen LogP contribution in [-0.2, 0) is 9.47 Å². The maximum absolute atomic E-state index is 12.3. The molecule has 0 spiro atoms. The van der Waals surface area contributed by atoms with Crippen LogP contribution in [0.2, 0.25) is 5.02 Å². The Morgan fingerprint density at radius 1 is 1.15 bits per heavy atom. The van der Waals surface area contributed by atoms with Crippen LogP contribution < -0.4 is 16.0 Å². The van der Waals surface area contributed by atoms with Crippen molar-refractivity contribution >= 4 is 46.4 Å². The lowest BCUT2D eigenvalue weighted by Crippen LogP contribution is -2.41. The number of carbonyl (C=O) groups excluding carboxylic acids is 1. The molecule has 0 atom stereocenters. The fourth-order valence-electron chi connectivity index (χ4n) is 5.25. The van der Waals surface area contributed by atoms with E-state index in [4.69, 9.17) is 31.0 Å². The molecule has 3 aromatic rings. The second-order valence-corrected chi connectivity index (χ2v) is 12.2. The molecule has 3 N–H and O–H groups in total. The fourth-order valence-corrected chi connectivity index (χ4v) is 5.44. The lowest BCUT2D eigenvalue weighted by Gasteiger charge is -2.34. The lowest BCUT2D eigenvalue weighted by molar-refractivity contribution is 0.0488. The highest BCUT2D eigenvalue weighted by Crippen LogP contribution is 2.36. The summed E-state index contributed by atoms with van der Waals surface area (Å²) >= 11 is 6.25. The van der Waals surface area contributed by atoms with Crippen molar-refractivity contribution in [2.24, 2.45) is 0 Å². The molecule has 10 nitrogen and oxygen atoms in total. The number of alkyl carbamates (subject to hydrolysis) is 1. The topological polar surface area (TPSA) is 115 Å². The van der Waals surface area contributed by atoms with Gasteiger partial charge in [0.25, 0.3) is 0 Å². The van der Waals surface area contributed by atoms with E-state index in [0.29, 0.717) is 16.9 Å². The van der Waals surface area contributed by atoms with Crippen LogP contribution in [0.3, 0.4) is 0 Å². The van der Waals surface area contributed by atoms with Crippen molar-refractivity contribution in [1.82, 2.24) is 24.8 Å². The predicted molar refractivity (Wildman–Crippen MR) is 153 cm³/mol. The Kier molecular flexibility index (Phi) is 7.87. The number of fused-ring (bicyclic) bond motifs is 1. The van der Waals surface area contributed by atoms with Crippen molar-refractivity contribution < 1.29 is 14.3 Å². The minimum absolute atomic E-state index is 0.0653. The van der Waals surface area contributed by atoms with Gasteiger partial charge in [-0.1, -0.05) is 17.7 Å². The van der Waals surface area contributed by atoms with E-state index in [0.717, 1.165) is 68.6 Å². The van der Waals surface area contributed by atoms with Gasteiger partial charge in [-0.3, -0.25) is 4.57 Å². The molecule has 2 fully saturated rings. The molecule has 1 aromatic carbocycles. The molecule has 5 rings (SSSR count). The Morgan fingerprint density at radius 2 is 1.90 bits per heavy atom. The first kappa shape index (κ1) is 27.5. The van der Waals surface area contributed by atoms with Crippen LogP contribution in [0.4, 0.5) is 22.4 Å². The van der Waals surface area contributed by atoms with Crippen LogP contribution in [0, 0.1) is 0 Å². The highest BCUT2D eigenvalue weighted by Gasteiger charge is 2.31. The van der Waals surface area contributed by atoms with E-state index in [2.05, 4.69) is 32.4 Å². The molecule has 1 saturated heterocycles. The minimum atomic E-state index is -0.523. The number of amides is 1. The molecule has 1 saturated carbocycles. The number of ether oxygens (including phenoxy) is 2. The number of halogens is 1. The molecule has 1 aliphatic carbocycles. The van der Waals surface area contributed by atoms with Crippen molar-refractivity contribution in [2.45, 2.75) is 89.4 Å². The van der Waals surface area contributed by atoms with Gasteiger partial charge in [-0.2, -0.15) is 4.98 Å². The van der Waals surface area contributed by atoms with Crippen LogP contribution in [0.5, 0.6) is 0 Å². The van der Waals surface area contributed by atoms with E-state index in [1.807, 2.05) is 45.0 Å². The van der Waals surface area contributed by atoms with Gasteiger partial charge in [0.15, 0.2) is 5.65 Å². The Labute approximate surface area is 234 Å². The zero-order valence-corrected chi connectivity index (χ0v) is 23.8. The molecule has 11 heteroatoms. The van der Waals surface area contributed by atoms with E-state index in [1.54, 1.807) is 6.20 Å². The number of benzene rings is 1. The van der Waals surface area contributed by atoms with Gasteiger partial charge in [-0.05, 0) is 84.4 Å². The molecular formula is C28H38ClN7O3. The molecule has 1 aliphatic heterocycles. The van der Waals surface area contributed by atoms with Crippen LogP contribution >= 0.6 is 11.6 Å². The molecule has 3 heterocycles. The van der Waals surface area contributed by atoms with E-state index in [-0.39, 0.29) is 23.7 Å². The van der Waals surface area contributed by atoms with Crippen LogP contribution in [0.15, 0.2) is 30.5 Å². The molecule has 1 amide bonds. The number of hydrogen-bond donors (Lipinski definition) is 3. The first-order valence-electron chi connectivity index (χ1n) is 13.7.